The molecule has 3 aromatic rings. The van der Waals surface area contributed by atoms with Crippen molar-refractivity contribution < 1.29 is 8.42 Å². The second kappa shape index (κ2) is 10.6. The summed E-state index contributed by atoms with van der Waals surface area (Å²) in [6.45, 7) is 7.33. The van der Waals surface area contributed by atoms with Crippen LogP contribution in [0.3, 0.4) is 0 Å². The Balaban J connectivity index is 1.42. The van der Waals surface area contributed by atoms with Crippen LogP contribution in [0.4, 0.5) is 0 Å². The third kappa shape index (κ3) is 5.72. The van der Waals surface area contributed by atoms with E-state index in [9.17, 15) is 8.42 Å². The average Bonchev–Trinajstić information content (AvgIpc) is 3.26. The van der Waals surface area contributed by atoms with Gasteiger partial charge in [0.2, 0.25) is 10.0 Å². The number of nitrogens with zero attached hydrogens (tertiary/aromatic N) is 2. The molecule has 1 atom stereocenters. The van der Waals surface area contributed by atoms with E-state index >= 15 is 0 Å². The van der Waals surface area contributed by atoms with E-state index in [1.54, 1.807) is 12.1 Å². The van der Waals surface area contributed by atoms with Crippen molar-refractivity contribution in [2.45, 2.75) is 50.6 Å². The lowest BCUT2D eigenvalue weighted by Gasteiger charge is -2.21. The molecule has 1 fully saturated rings. The van der Waals surface area contributed by atoms with Gasteiger partial charge in [-0.05, 0) is 67.1 Å². The molecule has 4 nitrogen and oxygen atoms in total. The molecule has 0 radical (unpaired) electrons. The molecule has 0 saturated carbocycles. The monoisotopic (exact) mass is 462 g/mol. The molecule has 1 saturated heterocycles. The van der Waals surface area contributed by atoms with Crippen molar-refractivity contribution in [2.24, 2.45) is 0 Å². The third-order valence-corrected chi connectivity index (χ3v) is 8.65. The van der Waals surface area contributed by atoms with Crippen LogP contribution in [-0.2, 0) is 23.0 Å². The maximum atomic E-state index is 13.2. The van der Waals surface area contributed by atoms with Gasteiger partial charge in [-0.15, -0.1) is 0 Å². The van der Waals surface area contributed by atoms with Crippen molar-refractivity contribution in [2.75, 3.05) is 19.6 Å². The summed E-state index contributed by atoms with van der Waals surface area (Å²) in [4.78, 5) is 2.91. The minimum atomic E-state index is -3.55. The van der Waals surface area contributed by atoms with Gasteiger partial charge in [-0.3, -0.25) is 0 Å². The summed E-state index contributed by atoms with van der Waals surface area (Å²) in [6, 6.07) is 26.3. The first-order chi connectivity index (χ1) is 16.0. The van der Waals surface area contributed by atoms with Gasteiger partial charge in [0.25, 0.3) is 0 Å². The smallest absolute Gasteiger partial charge is 0.243 e. The maximum Gasteiger partial charge on any atom is 0.243 e. The van der Waals surface area contributed by atoms with Crippen molar-refractivity contribution >= 4 is 10.0 Å². The molecule has 4 rings (SSSR count). The van der Waals surface area contributed by atoms with E-state index in [0.717, 1.165) is 29.7 Å². The summed E-state index contributed by atoms with van der Waals surface area (Å²) in [5.74, 6) is 0. The normalized spacial score (nSPS) is 17.0. The zero-order valence-electron chi connectivity index (χ0n) is 19.7. The highest BCUT2D eigenvalue weighted by molar-refractivity contribution is 7.89. The number of rotatable bonds is 9. The summed E-state index contributed by atoms with van der Waals surface area (Å²) in [6.07, 6.45) is 3.69. The number of sulfonamides is 1. The highest BCUT2D eigenvalue weighted by atomic mass is 32.2. The standard InChI is InChI=1S/C28H34N2O2S/c1-3-30(22-25-9-5-4-6-10-25)33(31,32)28-17-15-27(16-18-28)26-13-11-24(12-14-26)19-21-29-20-7-8-23(29)2/h4-6,9-18,23H,3,7-8,19-22H2,1-2H3. The quantitative estimate of drug-likeness (QED) is 0.416. The Labute approximate surface area is 198 Å². The largest absolute Gasteiger partial charge is 0.300 e. The number of hydrogen-bond donors (Lipinski definition) is 0. The first-order valence-electron chi connectivity index (χ1n) is 11.9. The molecule has 3 aromatic carbocycles. The van der Waals surface area contributed by atoms with E-state index in [1.807, 2.05) is 49.4 Å². The Hall–Kier alpha value is -2.47. The molecule has 0 aliphatic carbocycles. The molecule has 1 unspecified atom stereocenters. The van der Waals surface area contributed by atoms with Crippen molar-refractivity contribution in [1.82, 2.24) is 9.21 Å². The molecule has 0 N–H and O–H groups in total. The Kier molecular flexibility index (Phi) is 7.63. The molecule has 1 aliphatic rings. The number of hydrogen-bond acceptors (Lipinski definition) is 3. The highest BCUT2D eigenvalue weighted by Gasteiger charge is 2.23. The second-order valence-corrected chi connectivity index (χ2v) is 10.9. The minimum Gasteiger partial charge on any atom is -0.300 e. The molecule has 1 heterocycles. The average molecular weight is 463 g/mol. The number of likely N-dealkylation sites (tertiary alicyclic amines) is 1. The van der Waals surface area contributed by atoms with Gasteiger partial charge in [-0.1, -0.05) is 73.7 Å². The number of benzene rings is 3. The fourth-order valence-corrected chi connectivity index (χ4v) is 6.02. The van der Waals surface area contributed by atoms with Crippen LogP contribution in [0.15, 0.2) is 83.8 Å². The summed E-state index contributed by atoms with van der Waals surface area (Å²) < 4.78 is 27.9. The summed E-state index contributed by atoms with van der Waals surface area (Å²) in [5, 5.41) is 0. The molecule has 1 aliphatic heterocycles. The van der Waals surface area contributed by atoms with Crippen LogP contribution < -0.4 is 0 Å². The highest BCUT2D eigenvalue weighted by Crippen LogP contribution is 2.25. The molecule has 0 aromatic heterocycles. The molecule has 174 valence electrons. The van der Waals surface area contributed by atoms with Crippen molar-refractivity contribution in [3.05, 3.63) is 90.0 Å². The maximum absolute atomic E-state index is 13.2. The molecule has 0 bridgehead atoms. The van der Waals surface area contributed by atoms with E-state index in [0.29, 0.717) is 24.0 Å². The van der Waals surface area contributed by atoms with Crippen LogP contribution in [0.2, 0.25) is 0 Å². The van der Waals surface area contributed by atoms with Crippen LogP contribution in [0.25, 0.3) is 11.1 Å². The summed E-state index contributed by atoms with van der Waals surface area (Å²) >= 11 is 0. The van der Waals surface area contributed by atoms with Gasteiger partial charge in [0.05, 0.1) is 4.90 Å². The predicted molar refractivity (Wildman–Crippen MR) is 136 cm³/mol. The van der Waals surface area contributed by atoms with Crippen molar-refractivity contribution in [3.8, 4) is 11.1 Å². The van der Waals surface area contributed by atoms with E-state index < -0.39 is 10.0 Å². The van der Waals surface area contributed by atoms with E-state index in [2.05, 4.69) is 36.1 Å². The van der Waals surface area contributed by atoms with Gasteiger partial charge >= 0.3 is 0 Å². The van der Waals surface area contributed by atoms with Crippen LogP contribution in [-0.4, -0.2) is 43.3 Å². The van der Waals surface area contributed by atoms with Crippen LogP contribution in [0.1, 0.15) is 37.8 Å². The molecule has 33 heavy (non-hydrogen) atoms. The van der Waals surface area contributed by atoms with Gasteiger partial charge < -0.3 is 4.90 Å². The molecular formula is C28H34N2O2S. The van der Waals surface area contributed by atoms with Gasteiger partial charge in [-0.2, -0.15) is 4.31 Å². The third-order valence-electron chi connectivity index (χ3n) is 6.71. The first-order valence-corrected chi connectivity index (χ1v) is 13.4. The van der Waals surface area contributed by atoms with E-state index in [1.165, 1.54) is 29.3 Å². The van der Waals surface area contributed by atoms with E-state index in [4.69, 9.17) is 0 Å². The Bertz CT molecular complexity index is 1130. The minimum absolute atomic E-state index is 0.334. The Morgan fingerprint density at radius 1 is 0.879 bits per heavy atom. The Morgan fingerprint density at radius 2 is 1.52 bits per heavy atom. The molecular weight excluding hydrogens is 428 g/mol. The lowest BCUT2D eigenvalue weighted by atomic mass is 10.0. The van der Waals surface area contributed by atoms with Crippen LogP contribution in [0.5, 0.6) is 0 Å². The fourth-order valence-electron chi connectivity index (χ4n) is 4.58. The van der Waals surface area contributed by atoms with Crippen LogP contribution in [0, 0.1) is 0 Å². The SMILES string of the molecule is CCN(Cc1ccccc1)S(=O)(=O)c1ccc(-c2ccc(CCN3CCCC3C)cc2)cc1. The zero-order chi connectivity index (χ0) is 23.3. The van der Waals surface area contributed by atoms with Gasteiger partial charge in [0.1, 0.15) is 0 Å². The van der Waals surface area contributed by atoms with Gasteiger partial charge in [0.15, 0.2) is 0 Å². The second-order valence-electron chi connectivity index (χ2n) is 8.92. The van der Waals surface area contributed by atoms with Crippen molar-refractivity contribution in [3.63, 3.8) is 0 Å². The molecule has 5 heteroatoms. The topological polar surface area (TPSA) is 40.6 Å². The molecule has 0 amide bonds. The summed E-state index contributed by atoms with van der Waals surface area (Å²) in [7, 11) is -3.55. The summed E-state index contributed by atoms with van der Waals surface area (Å²) in [5.41, 5.74) is 4.46. The van der Waals surface area contributed by atoms with Crippen molar-refractivity contribution in [1.29, 1.82) is 0 Å². The fraction of sp³-hybridized carbons (Fsp3) is 0.357. The Morgan fingerprint density at radius 3 is 2.09 bits per heavy atom. The lowest BCUT2D eigenvalue weighted by Crippen LogP contribution is -2.30. The van der Waals surface area contributed by atoms with Gasteiger partial charge in [0, 0.05) is 25.7 Å². The predicted octanol–water partition coefficient (Wildman–Crippen LogP) is 5.59. The molecule has 0 spiro atoms. The van der Waals surface area contributed by atoms with Gasteiger partial charge in [-0.25, -0.2) is 8.42 Å². The van der Waals surface area contributed by atoms with E-state index in [-0.39, 0.29) is 0 Å². The first kappa shape index (κ1) is 23.7. The lowest BCUT2D eigenvalue weighted by molar-refractivity contribution is 0.272. The zero-order valence-corrected chi connectivity index (χ0v) is 20.5. The van der Waals surface area contributed by atoms with Crippen LogP contribution >= 0.6 is 0 Å².